The molecule has 154 valence electrons. The second-order valence-corrected chi connectivity index (χ2v) is 8.15. The third-order valence-electron chi connectivity index (χ3n) is 6.08. The molecule has 30 heavy (non-hydrogen) atoms. The highest BCUT2D eigenvalue weighted by Crippen LogP contribution is 2.44. The van der Waals surface area contributed by atoms with Gasteiger partial charge >= 0.3 is 6.09 Å². The van der Waals surface area contributed by atoms with E-state index in [1.807, 2.05) is 24.3 Å². The minimum Gasteiger partial charge on any atom is -0.448 e. The van der Waals surface area contributed by atoms with Crippen molar-refractivity contribution in [2.45, 2.75) is 30.9 Å². The number of β-amino-alcohol motifs (C(OH)–C–C–N with tert-alkyl or cyclic N) is 1. The zero-order valence-corrected chi connectivity index (χ0v) is 16.6. The van der Waals surface area contributed by atoms with Crippen molar-refractivity contribution in [3.8, 4) is 11.1 Å². The molecule has 2 aliphatic rings. The van der Waals surface area contributed by atoms with E-state index in [9.17, 15) is 9.90 Å². The van der Waals surface area contributed by atoms with Gasteiger partial charge in [-0.2, -0.15) is 0 Å². The van der Waals surface area contributed by atoms with Crippen molar-refractivity contribution >= 4 is 6.09 Å². The Labute approximate surface area is 174 Å². The van der Waals surface area contributed by atoms with Gasteiger partial charge in [-0.05, 0) is 35.1 Å². The lowest BCUT2D eigenvalue weighted by atomic mass is 9.93. The zero-order chi connectivity index (χ0) is 20.6. The Hall–Kier alpha value is -3.19. The first-order valence-electron chi connectivity index (χ1n) is 10.3. The number of benzene rings is 2. The number of hydrogen-bond donors (Lipinski definition) is 1. The molecule has 3 aromatic rings. The predicted molar refractivity (Wildman–Crippen MR) is 111 cm³/mol. The molecule has 1 amide bonds. The Morgan fingerprint density at radius 2 is 1.83 bits per heavy atom. The standard InChI is InChI=1S/C23H24N4O3/c28-22(26-12-5-10-23(29,15-26)16-27-13-11-24-25-27)30-14-21-19-8-3-1-6-17(19)18-7-2-4-9-20(18)21/h1-4,6-9,11,13,21,29H,5,10,12,14-16H2. The van der Waals surface area contributed by atoms with Crippen LogP contribution in [-0.2, 0) is 11.3 Å². The Kier molecular flexibility index (Phi) is 4.75. The number of amides is 1. The van der Waals surface area contributed by atoms with E-state index in [-0.39, 0.29) is 25.2 Å². The average Bonchev–Trinajstić information content (AvgIpc) is 3.37. The maximum Gasteiger partial charge on any atom is 0.409 e. The third kappa shape index (κ3) is 3.45. The van der Waals surface area contributed by atoms with Crippen molar-refractivity contribution in [3.05, 3.63) is 72.1 Å². The van der Waals surface area contributed by atoms with Crippen LogP contribution in [0, 0.1) is 0 Å². The first-order valence-corrected chi connectivity index (χ1v) is 10.3. The van der Waals surface area contributed by atoms with Crippen LogP contribution in [-0.4, -0.2) is 56.4 Å². The van der Waals surface area contributed by atoms with Gasteiger partial charge in [0.1, 0.15) is 12.2 Å². The largest absolute Gasteiger partial charge is 0.448 e. The highest BCUT2D eigenvalue weighted by Gasteiger charge is 2.37. The topological polar surface area (TPSA) is 80.5 Å². The Morgan fingerprint density at radius 3 is 2.50 bits per heavy atom. The number of rotatable bonds is 4. The number of hydrogen-bond acceptors (Lipinski definition) is 5. The number of aliphatic hydroxyl groups is 1. The lowest BCUT2D eigenvalue weighted by Crippen LogP contribution is -2.52. The van der Waals surface area contributed by atoms with Gasteiger partial charge in [0.05, 0.1) is 19.3 Å². The number of aromatic nitrogens is 3. The average molecular weight is 404 g/mol. The van der Waals surface area contributed by atoms with Crippen molar-refractivity contribution < 1.29 is 14.6 Å². The van der Waals surface area contributed by atoms with Crippen molar-refractivity contribution in [1.82, 2.24) is 19.9 Å². The molecule has 1 unspecified atom stereocenters. The predicted octanol–water partition coefficient (Wildman–Crippen LogP) is 3.05. The summed E-state index contributed by atoms with van der Waals surface area (Å²) in [6.45, 7) is 1.39. The molecule has 1 N–H and O–H groups in total. The zero-order valence-electron chi connectivity index (χ0n) is 16.6. The van der Waals surface area contributed by atoms with Gasteiger partial charge in [-0.25, -0.2) is 9.48 Å². The highest BCUT2D eigenvalue weighted by molar-refractivity contribution is 5.79. The van der Waals surface area contributed by atoms with E-state index in [1.54, 1.807) is 22.0 Å². The maximum absolute atomic E-state index is 12.8. The van der Waals surface area contributed by atoms with Gasteiger partial charge in [0.25, 0.3) is 0 Å². The minimum absolute atomic E-state index is 0.0279. The van der Waals surface area contributed by atoms with Crippen LogP contribution in [0.5, 0.6) is 0 Å². The minimum atomic E-state index is -1.03. The fraction of sp³-hybridized carbons (Fsp3) is 0.348. The Morgan fingerprint density at radius 1 is 1.13 bits per heavy atom. The van der Waals surface area contributed by atoms with Gasteiger partial charge in [0, 0.05) is 18.7 Å². The SMILES string of the molecule is O=C(OCC1c2ccccc2-c2ccccc21)N1CCCC(O)(Cn2ccnn2)C1. The van der Waals surface area contributed by atoms with E-state index >= 15 is 0 Å². The van der Waals surface area contributed by atoms with E-state index < -0.39 is 5.60 Å². The Bertz CT molecular complexity index is 1010. The number of ether oxygens (including phenoxy) is 1. The second kappa shape index (κ2) is 7.57. The quantitative estimate of drug-likeness (QED) is 0.723. The van der Waals surface area contributed by atoms with Gasteiger partial charge in [-0.1, -0.05) is 53.7 Å². The van der Waals surface area contributed by atoms with Crippen LogP contribution in [0.25, 0.3) is 11.1 Å². The smallest absolute Gasteiger partial charge is 0.409 e. The molecular formula is C23H24N4O3. The molecule has 1 saturated heterocycles. The summed E-state index contributed by atoms with van der Waals surface area (Å²) in [4.78, 5) is 14.4. The number of likely N-dealkylation sites (tertiary alicyclic amines) is 1. The third-order valence-corrected chi connectivity index (χ3v) is 6.08. The van der Waals surface area contributed by atoms with Gasteiger partial charge in [-0.3, -0.25) is 0 Å². The molecule has 0 bridgehead atoms. The molecule has 7 heteroatoms. The van der Waals surface area contributed by atoms with Crippen molar-refractivity contribution in [2.24, 2.45) is 0 Å². The molecule has 7 nitrogen and oxygen atoms in total. The van der Waals surface area contributed by atoms with Crippen molar-refractivity contribution in [3.63, 3.8) is 0 Å². The fourth-order valence-corrected chi connectivity index (χ4v) is 4.70. The maximum atomic E-state index is 12.8. The van der Waals surface area contributed by atoms with Crippen molar-refractivity contribution in [2.75, 3.05) is 19.7 Å². The second-order valence-electron chi connectivity index (χ2n) is 8.15. The summed E-state index contributed by atoms with van der Waals surface area (Å²) in [5.74, 6) is 0.0279. The fourth-order valence-electron chi connectivity index (χ4n) is 4.70. The van der Waals surface area contributed by atoms with Crippen LogP contribution in [0.2, 0.25) is 0 Å². The van der Waals surface area contributed by atoms with Crippen LogP contribution in [0.3, 0.4) is 0 Å². The molecule has 1 fully saturated rings. The van der Waals surface area contributed by atoms with Crippen molar-refractivity contribution in [1.29, 1.82) is 0 Å². The summed E-state index contributed by atoms with van der Waals surface area (Å²) in [5, 5.41) is 18.7. The Balaban J connectivity index is 1.27. The molecule has 0 spiro atoms. The lowest BCUT2D eigenvalue weighted by molar-refractivity contribution is -0.0435. The first kappa shape index (κ1) is 18.8. The monoisotopic (exact) mass is 404 g/mol. The van der Waals surface area contributed by atoms with Crippen LogP contribution < -0.4 is 0 Å². The molecule has 1 aromatic heterocycles. The van der Waals surface area contributed by atoms with Crippen LogP contribution in [0.4, 0.5) is 4.79 Å². The molecule has 1 aliphatic heterocycles. The number of carbonyl (C=O) groups is 1. The molecule has 1 aliphatic carbocycles. The summed E-state index contributed by atoms with van der Waals surface area (Å²) in [6, 6.07) is 16.6. The molecule has 5 rings (SSSR count). The summed E-state index contributed by atoms with van der Waals surface area (Å²) >= 11 is 0. The van der Waals surface area contributed by atoms with E-state index in [0.717, 1.165) is 6.42 Å². The summed E-state index contributed by atoms with van der Waals surface area (Å²) < 4.78 is 7.35. The highest BCUT2D eigenvalue weighted by atomic mass is 16.6. The normalized spacial score (nSPS) is 20.6. The van der Waals surface area contributed by atoms with E-state index in [2.05, 4.69) is 34.6 Å². The van der Waals surface area contributed by atoms with E-state index in [1.165, 1.54) is 22.3 Å². The summed E-state index contributed by atoms with van der Waals surface area (Å²) in [5.41, 5.74) is 3.75. The van der Waals surface area contributed by atoms with Gasteiger partial charge in [0.15, 0.2) is 0 Å². The lowest BCUT2D eigenvalue weighted by Gasteiger charge is -2.38. The molecular weight excluding hydrogens is 380 g/mol. The number of piperidine rings is 1. The van der Waals surface area contributed by atoms with Crippen LogP contribution in [0.1, 0.15) is 29.9 Å². The molecule has 0 radical (unpaired) electrons. The van der Waals surface area contributed by atoms with E-state index in [0.29, 0.717) is 19.5 Å². The van der Waals surface area contributed by atoms with Gasteiger partial charge in [0.2, 0.25) is 0 Å². The molecule has 2 heterocycles. The van der Waals surface area contributed by atoms with Crippen LogP contribution in [0.15, 0.2) is 60.9 Å². The first-order chi connectivity index (χ1) is 14.6. The molecule has 2 aromatic carbocycles. The molecule has 1 atom stereocenters. The van der Waals surface area contributed by atoms with E-state index in [4.69, 9.17) is 4.74 Å². The summed E-state index contributed by atoms with van der Waals surface area (Å²) in [7, 11) is 0. The molecule has 0 saturated carbocycles. The van der Waals surface area contributed by atoms with Gasteiger partial charge in [-0.15, -0.1) is 5.10 Å². The summed E-state index contributed by atoms with van der Waals surface area (Å²) in [6.07, 6.45) is 4.24. The number of nitrogens with zero attached hydrogens (tertiary/aromatic N) is 4. The number of fused-ring (bicyclic) bond motifs is 3. The van der Waals surface area contributed by atoms with Crippen LogP contribution >= 0.6 is 0 Å². The van der Waals surface area contributed by atoms with Gasteiger partial charge < -0.3 is 14.7 Å². The number of carbonyl (C=O) groups excluding carboxylic acids is 1.